The number of phenolic OH excluding ortho intramolecular Hbond substituents is 2. The van der Waals surface area contributed by atoms with E-state index in [9.17, 15) is 23.4 Å². The van der Waals surface area contributed by atoms with E-state index in [-0.39, 0.29) is 35.6 Å². The van der Waals surface area contributed by atoms with E-state index in [0.29, 0.717) is 36.8 Å². The fraction of sp³-hybridized carbons (Fsp3) is 0.375. The van der Waals surface area contributed by atoms with E-state index in [1.165, 1.54) is 12.1 Å². The lowest BCUT2D eigenvalue weighted by atomic mass is 9.83. The molecule has 2 aliphatic heterocycles. The van der Waals surface area contributed by atoms with Crippen LogP contribution in [0.2, 0.25) is 5.02 Å². The van der Waals surface area contributed by atoms with E-state index in [0.717, 1.165) is 35.1 Å². The molecule has 3 aromatic rings. The first-order chi connectivity index (χ1) is 19.6. The summed E-state index contributed by atoms with van der Waals surface area (Å²) in [6, 6.07) is 15.1. The van der Waals surface area contributed by atoms with Gasteiger partial charge < -0.3 is 19.7 Å². The van der Waals surface area contributed by atoms with Crippen LogP contribution in [0, 0.1) is 11.7 Å². The number of halogens is 4. The molecule has 41 heavy (non-hydrogen) atoms. The monoisotopic (exact) mass is 585 g/mol. The van der Waals surface area contributed by atoms with Crippen LogP contribution in [0.3, 0.4) is 0 Å². The molecule has 1 saturated heterocycles. The van der Waals surface area contributed by atoms with Crippen LogP contribution in [0.5, 0.6) is 23.0 Å². The maximum Gasteiger partial charge on any atom is 0.250 e. The summed E-state index contributed by atoms with van der Waals surface area (Å²) < 4.78 is 53.9. The zero-order chi connectivity index (χ0) is 28.9. The van der Waals surface area contributed by atoms with Gasteiger partial charge in [0.05, 0.1) is 5.02 Å². The van der Waals surface area contributed by atoms with Crippen molar-refractivity contribution in [3.63, 3.8) is 0 Å². The number of piperidine rings is 1. The van der Waals surface area contributed by atoms with Crippen LogP contribution < -0.4 is 9.47 Å². The van der Waals surface area contributed by atoms with E-state index in [1.807, 2.05) is 42.2 Å². The van der Waals surface area contributed by atoms with Gasteiger partial charge in [-0.1, -0.05) is 29.8 Å². The van der Waals surface area contributed by atoms with Crippen molar-refractivity contribution < 1.29 is 32.9 Å². The van der Waals surface area contributed by atoms with Crippen LogP contribution in [0.4, 0.5) is 13.2 Å². The van der Waals surface area contributed by atoms with Crippen molar-refractivity contribution in [1.29, 1.82) is 0 Å². The predicted octanol–water partition coefficient (Wildman–Crippen LogP) is 7.84. The number of aromatic hydroxyl groups is 2. The second-order valence-electron chi connectivity index (χ2n) is 11.2. The standard InChI is InChI=1S/C32H31ClF3NO4/c1-18(37-12-10-32(35,36)11-13-37)17-40-22-7-4-20(5-8-22)31-30(21-6-9-24(33)26(38)14-21)29(19-2-3-19)23-15-27(39)25(34)16-28(23)41-31/h4-9,14-16,18-19,31,38-39H,2-3,10-13,17H2,1H3. The van der Waals surface area contributed by atoms with Gasteiger partial charge in [0.15, 0.2) is 11.6 Å². The molecular formula is C32H31ClF3NO4. The molecular weight excluding hydrogens is 555 g/mol. The molecule has 2 atom stereocenters. The molecule has 0 spiro atoms. The first kappa shape index (κ1) is 27.8. The molecule has 0 aromatic heterocycles. The van der Waals surface area contributed by atoms with Gasteiger partial charge in [0, 0.05) is 49.2 Å². The summed E-state index contributed by atoms with van der Waals surface area (Å²) in [5.74, 6) is -2.68. The van der Waals surface area contributed by atoms with E-state index >= 15 is 0 Å². The number of alkyl halides is 2. The lowest BCUT2D eigenvalue weighted by Crippen LogP contribution is -2.45. The van der Waals surface area contributed by atoms with Gasteiger partial charge in [-0.2, -0.15) is 0 Å². The first-order valence-electron chi connectivity index (χ1n) is 13.9. The average molecular weight is 586 g/mol. The fourth-order valence-electron chi connectivity index (χ4n) is 5.71. The molecule has 9 heteroatoms. The van der Waals surface area contributed by atoms with Gasteiger partial charge >= 0.3 is 0 Å². The Balaban J connectivity index is 1.29. The largest absolute Gasteiger partial charge is 0.506 e. The highest BCUT2D eigenvalue weighted by Crippen LogP contribution is 2.56. The minimum absolute atomic E-state index is 0.0107. The molecule has 1 saturated carbocycles. The third-order valence-electron chi connectivity index (χ3n) is 8.21. The smallest absolute Gasteiger partial charge is 0.250 e. The third kappa shape index (κ3) is 5.72. The van der Waals surface area contributed by atoms with Gasteiger partial charge in [-0.05, 0) is 72.7 Å². The molecule has 5 nitrogen and oxygen atoms in total. The molecule has 0 radical (unpaired) electrons. The van der Waals surface area contributed by atoms with Gasteiger partial charge in [-0.3, -0.25) is 4.90 Å². The second kappa shape index (κ2) is 10.8. The lowest BCUT2D eigenvalue weighted by molar-refractivity contribution is -0.0644. The Morgan fingerprint density at radius 1 is 1.00 bits per heavy atom. The molecule has 216 valence electrons. The summed E-state index contributed by atoms with van der Waals surface area (Å²) in [5.41, 5.74) is 3.92. The normalized spacial score (nSPS) is 21.2. The van der Waals surface area contributed by atoms with E-state index < -0.39 is 23.6 Å². The van der Waals surface area contributed by atoms with Crippen molar-refractivity contribution >= 4 is 22.7 Å². The molecule has 1 aliphatic carbocycles. The number of benzene rings is 3. The lowest BCUT2D eigenvalue weighted by Gasteiger charge is -2.35. The Bertz CT molecular complexity index is 1480. The van der Waals surface area contributed by atoms with E-state index in [2.05, 4.69) is 0 Å². The minimum Gasteiger partial charge on any atom is -0.506 e. The highest BCUT2D eigenvalue weighted by Gasteiger charge is 2.39. The summed E-state index contributed by atoms with van der Waals surface area (Å²) in [4.78, 5) is 2.02. The van der Waals surface area contributed by atoms with Crippen LogP contribution in [-0.2, 0) is 0 Å². The van der Waals surface area contributed by atoms with Crippen molar-refractivity contribution in [3.05, 3.63) is 82.1 Å². The highest BCUT2D eigenvalue weighted by molar-refractivity contribution is 6.32. The van der Waals surface area contributed by atoms with Crippen LogP contribution in [-0.4, -0.2) is 46.8 Å². The van der Waals surface area contributed by atoms with Gasteiger partial charge in [0.1, 0.15) is 30.0 Å². The Morgan fingerprint density at radius 2 is 1.71 bits per heavy atom. The number of ether oxygens (including phenoxy) is 2. The molecule has 6 rings (SSSR count). The minimum atomic E-state index is -2.59. The number of rotatable bonds is 7. The summed E-state index contributed by atoms with van der Waals surface area (Å²) in [5, 5.41) is 20.8. The van der Waals surface area contributed by atoms with E-state index in [4.69, 9.17) is 21.1 Å². The maximum absolute atomic E-state index is 14.4. The zero-order valence-electron chi connectivity index (χ0n) is 22.5. The van der Waals surface area contributed by atoms with Crippen LogP contribution in [0.25, 0.3) is 11.1 Å². The SMILES string of the molecule is CC(COc1ccc(C2Oc3cc(F)c(O)cc3C(C3CC3)=C2c2ccc(Cl)c(O)c2)cc1)N1CCC(F)(F)CC1. The number of allylic oxidation sites excluding steroid dienone is 1. The molecule has 2 heterocycles. The van der Waals surface area contributed by atoms with Gasteiger partial charge in [0.25, 0.3) is 5.92 Å². The Kier molecular flexibility index (Phi) is 7.32. The maximum atomic E-state index is 14.4. The summed E-state index contributed by atoms with van der Waals surface area (Å²) in [6.07, 6.45) is 1.00. The average Bonchev–Trinajstić information content (AvgIpc) is 3.79. The third-order valence-corrected chi connectivity index (χ3v) is 8.53. The summed E-state index contributed by atoms with van der Waals surface area (Å²) in [7, 11) is 0. The Labute approximate surface area is 241 Å². The number of hydrogen-bond acceptors (Lipinski definition) is 5. The van der Waals surface area contributed by atoms with Crippen molar-refractivity contribution in [2.45, 2.75) is 50.7 Å². The zero-order valence-corrected chi connectivity index (χ0v) is 23.3. The molecule has 3 aliphatic rings. The summed E-state index contributed by atoms with van der Waals surface area (Å²) in [6.45, 7) is 3.02. The summed E-state index contributed by atoms with van der Waals surface area (Å²) >= 11 is 6.11. The van der Waals surface area contributed by atoms with Gasteiger partial charge in [0.2, 0.25) is 0 Å². The Hall–Kier alpha value is -3.36. The number of phenols is 2. The van der Waals surface area contributed by atoms with Crippen LogP contribution >= 0.6 is 11.6 Å². The molecule has 0 amide bonds. The number of hydrogen-bond donors (Lipinski definition) is 2. The first-order valence-corrected chi connectivity index (χ1v) is 14.2. The quantitative estimate of drug-likeness (QED) is 0.296. The van der Waals surface area contributed by atoms with Crippen molar-refractivity contribution in [3.8, 4) is 23.0 Å². The highest BCUT2D eigenvalue weighted by atomic mass is 35.5. The van der Waals surface area contributed by atoms with Crippen molar-refractivity contribution in [2.24, 2.45) is 5.92 Å². The Morgan fingerprint density at radius 3 is 2.37 bits per heavy atom. The van der Waals surface area contributed by atoms with E-state index in [1.54, 1.807) is 12.1 Å². The number of nitrogens with zero attached hydrogens (tertiary/aromatic N) is 1. The second-order valence-corrected chi connectivity index (χ2v) is 11.6. The molecule has 0 bridgehead atoms. The van der Waals surface area contributed by atoms with Crippen LogP contribution in [0.15, 0.2) is 54.6 Å². The molecule has 2 unspecified atom stereocenters. The topological polar surface area (TPSA) is 62.2 Å². The number of likely N-dealkylation sites (tertiary alicyclic amines) is 1. The van der Waals surface area contributed by atoms with Gasteiger partial charge in [-0.15, -0.1) is 0 Å². The van der Waals surface area contributed by atoms with Crippen molar-refractivity contribution in [2.75, 3.05) is 19.7 Å². The number of fused-ring (bicyclic) bond motifs is 1. The fourth-order valence-corrected chi connectivity index (χ4v) is 5.83. The predicted molar refractivity (Wildman–Crippen MR) is 151 cm³/mol. The molecule has 3 aromatic carbocycles. The molecule has 2 fully saturated rings. The van der Waals surface area contributed by atoms with Crippen LogP contribution in [0.1, 0.15) is 55.4 Å². The van der Waals surface area contributed by atoms with Gasteiger partial charge in [-0.25, -0.2) is 13.2 Å². The molecule has 2 N–H and O–H groups in total. The van der Waals surface area contributed by atoms with Crippen molar-refractivity contribution in [1.82, 2.24) is 4.90 Å².